The number of benzene rings is 1. The molecule has 0 saturated heterocycles. The quantitative estimate of drug-likeness (QED) is 0.312. The Morgan fingerprint density at radius 2 is 1.96 bits per heavy atom. The monoisotopic (exact) mass is 496 g/mol. The van der Waals surface area contributed by atoms with Crippen LogP contribution in [0.4, 0.5) is 4.39 Å². The van der Waals surface area contributed by atoms with Crippen molar-refractivity contribution in [3.63, 3.8) is 0 Å². The molecule has 0 amide bonds. The molecule has 0 aliphatic heterocycles. The van der Waals surface area contributed by atoms with E-state index in [0.717, 1.165) is 23.6 Å². The van der Waals surface area contributed by atoms with Crippen LogP contribution < -0.4 is 10.6 Å². The first-order chi connectivity index (χ1) is 13.0. The lowest BCUT2D eigenvalue weighted by Crippen LogP contribution is -2.43. The summed E-state index contributed by atoms with van der Waals surface area (Å²) in [7, 11) is 0. The molecule has 3 rings (SSSR count). The summed E-state index contributed by atoms with van der Waals surface area (Å²) in [4.78, 5) is 4.62. The number of aromatic nitrogens is 3. The number of guanidine groups is 1. The van der Waals surface area contributed by atoms with Crippen LogP contribution in [0.5, 0.6) is 0 Å². The maximum absolute atomic E-state index is 13.6. The first kappa shape index (κ1) is 22.1. The Kier molecular flexibility index (Phi) is 7.73. The van der Waals surface area contributed by atoms with Gasteiger partial charge in [0.15, 0.2) is 17.4 Å². The molecule has 28 heavy (non-hydrogen) atoms. The van der Waals surface area contributed by atoms with Crippen LogP contribution in [0.2, 0.25) is 0 Å². The van der Waals surface area contributed by atoms with Crippen molar-refractivity contribution in [2.24, 2.45) is 4.99 Å². The van der Waals surface area contributed by atoms with Crippen LogP contribution >= 0.6 is 24.0 Å². The minimum atomic E-state index is -0.250. The summed E-state index contributed by atoms with van der Waals surface area (Å²) in [5.74, 6) is 1.24. The van der Waals surface area contributed by atoms with Crippen LogP contribution in [0.1, 0.15) is 32.2 Å². The number of aliphatic imine (C=N–C) groups is 1. The van der Waals surface area contributed by atoms with Crippen molar-refractivity contribution in [2.45, 2.75) is 32.7 Å². The molecule has 6 nitrogen and oxygen atoms in total. The van der Waals surface area contributed by atoms with Crippen molar-refractivity contribution in [3.05, 3.63) is 65.9 Å². The second-order valence-corrected chi connectivity index (χ2v) is 6.99. The third kappa shape index (κ3) is 5.40. The number of fused-ring (bicyclic) bond motifs is 1. The lowest BCUT2D eigenvalue weighted by atomic mass is 9.84. The largest absolute Gasteiger partial charge is 0.357 e. The average molecular weight is 496 g/mol. The highest BCUT2D eigenvalue weighted by Gasteiger charge is 2.21. The predicted molar refractivity (Wildman–Crippen MR) is 121 cm³/mol. The Balaban J connectivity index is 0.00000280. The van der Waals surface area contributed by atoms with E-state index in [9.17, 15) is 4.39 Å². The first-order valence-corrected chi connectivity index (χ1v) is 9.06. The Bertz CT molecular complexity index is 937. The molecule has 0 radical (unpaired) electrons. The highest BCUT2D eigenvalue weighted by molar-refractivity contribution is 14.0. The molecule has 1 aromatic carbocycles. The summed E-state index contributed by atoms with van der Waals surface area (Å²) in [6.45, 7) is 7.92. The number of hydrogen-bond acceptors (Lipinski definition) is 3. The first-order valence-electron chi connectivity index (χ1n) is 9.06. The third-order valence-electron chi connectivity index (χ3n) is 4.41. The standard InChI is InChI=1S/C20H25FN6.HI/c1-4-22-19(23-13-18-26-25-17-10-5-6-11-27(17)18)24-14-20(2,3)15-8-7-9-16(21)12-15;/h5-12H,4,13-14H2,1-3H3,(H2,22,23,24);1H. The highest BCUT2D eigenvalue weighted by atomic mass is 127. The van der Waals surface area contributed by atoms with Gasteiger partial charge in [0.1, 0.15) is 12.4 Å². The molecule has 0 saturated carbocycles. The van der Waals surface area contributed by atoms with Gasteiger partial charge in [0.05, 0.1) is 0 Å². The van der Waals surface area contributed by atoms with Crippen LogP contribution in [0.3, 0.4) is 0 Å². The number of nitrogens with one attached hydrogen (secondary N) is 2. The van der Waals surface area contributed by atoms with E-state index in [0.29, 0.717) is 19.0 Å². The van der Waals surface area contributed by atoms with Crippen molar-refractivity contribution in [1.29, 1.82) is 0 Å². The summed E-state index contributed by atoms with van der Waals surface area (Å²) in [6.07, 6.45) is 1.92. The fourth-order valence-electron chi connectivity index (χ4n) is 2.81. The lowest BCUT2D eigenvalue weighted by Gasteiger charge is -2.26. The van der Waals surface area contributed by atoms with Gasteiger partial charge in [0.2, 0.25) is 0 Å². The Morgan fingerprint density at radius 1 is 1.14 bits per heavy atom. The molecule has 2 N–H and O–H groups in total. The van der Waals surface area contributed by atoms with Gasteiger partial charge in [-0.25, -0.2) is 9.38 Å². The molecule has 2 heterocycles. The van der Waals surface area contributed by atoms with E-state index < -0.39 is 0 Å². The van der Waals surface area contributed by atoms with Crippen LogP contribution in [0.15, 0.2) is 53.7 Å². The van der Waals surface area contributed by atoms with Crippen molar-refractivity contribution < 1.29 is 4.39 Å². The molecule has 150 valence electrons. The van der Waals surface area contributed by atoms with E-state index in [-0.39, 0.29) is 35.2 Å². The van der Waals surface area contributed by atoms with Crippen molar-refractivity contribution in [3.8, 4) is 0 Å². The number of nitrogens with zero attached hydrogens (tertiary/aromatic N) is 4. The zero-order valence-corrected chi connectivity index (χ0v) is 18.6. The molecule has 0 atom stereocenters. The van der Waals surface area contributed by atoms with Crippen LogP contribution in [0, 0.1) is 5.82 Å². The average Bonchev–Trinajstić information content (AvgIpc) is 3.07. The van der Waals surface area contributed by atoms with E-state index in [2.05, 4.69) is 39.7 Å². The van der Waals surface area contributed by atoms with E-state index in [4.69, 9.17) is 0 Å². The van der Waals surface area contributed by atoms with Gasteiger partial charge in [0.25, 0.3) is 0 Å². The number of rotatable bonds is 6. The van der Waals surface area contributed by atoms with Gasteiger partial charge in [-0.05, 0) is 36.8 Å². The minimum absolute atomic E-state index is 0. The van der Waals surface area contributed by atoms with Crippen molar-refractivity contribution in [1.82, 2.24) is 25.2 Å². The van der Waals surface area contributed by atoms with Crippen molar-refractivity contribution >= 4 is 35.6 Å². The fraction of sp³-hybridized carbons (Fsp3) is 0.350. The Labute approximate surface area is 181 Å². The second kappa shape index (κ2) is 9.81. The smallest absolute Gasteiger partial charge is 0.191 e. The van der Waals surface area contributed by atoms with Gasteiger partial charge in [0, 0.05) is 24.7 Å². The van der Waals surface area contributed by atoms with Gasteiger partial charge in [-0.1, -0.05) is 32.0 Å². The summed E-state index contributed by atoms with van der Waals surface area (Å²) in [5, 5.41) is 14.9. The molecule has 0 bridgehead atoms. The summed E-state index contributed by atoms with van der Waals surface area (Å²) >= 11 is 0. The SMILES string of the molecule is CCNC(=NCc1nnc2ccccn12)NCC(C)(C)c1cccc(F)c1.I. The zero-order valence-electron chi connectivity index (χ0n) is 16.3. The molecule has 3 aromatic rings. The number of hydrogen-bond donors (Lipinski definition) is 2. The zero-order chi connectivity index (χ0) is 19.3. The molecular formula is C20H26FIN6. The summed E-state index contributed by atoms with van der Waals surface area (Å²) in [5.41, 5.74) is 1.49. The van der Waals surface area contributed by atoms with Gasteiger partial charge in [-0.3, -0.25) is 4.40 Å². The Hall–Kier alpha value is -2.23. The van der Waals surface area contributed by atoms with Gasteiger partial charge in [-0.2, -0.15) is 0 Å². The van der Waals surface area contributed by atoms with Crippen LogP contribution in [-0.4, -0.2) is 33.6 Å². The van der Waals surface area contributed by atoms with E-state index in [1.165, 1.54) is 6.07 Å². The molecule has 0 unspecified atom stereocenters. The normalized spacial score (nSPS) is 11.9. The topological polar surface area (TPSA) is 66.6 Å². The number of halogens is 2. The summed E-state index contributed by atoms with van der Waals surface area (Å²) < 4.78 is 15.5. The molecule has 2 aromatic heterocycles. The second-order valence-electron chi connectivity index (χ2n) is 6.99. The van der Waals surface area contributed by atoms with Crippen LogP contribution in [0.25, 0.3) is 5.65 Å². The summed E-state index contributed by atoms with van der Waals surface area (Å²) in [6, 6.07) is 12.5. The van der Waals surface area contributed by atoms with Gasteiger partial charge < -0.3 is 10.6 Å². The van der Waals surface area contributed by atoms with Gasteiger partial charge in [-0.15, -0.1) is 34.2 Å². The predicted octanol–water partition coefficient (Wildman–Crippen LogP) is 3.52. The maximum Gasteiger partial charge on any atom is 0.191 e. The highest BCUT2D eigenvalue weighted by Crippen LogP contribution is 2.22. The molecule has 0 aliphatic carbocycles. The Morgan fingerprint density at radius 3 is 2.71 bits per heavy atom. The molecule has 0 aliphatic rings. The van der Waals surface area contributed by atoms with E-state index in [1.807, 2.05) is 41.8 Å². The minimum Gasteiger partial charge on any atom is -0.357 e. The number of pyridine rings is 1. The van der Waals surface area contributed by atoms with Gasteiger partial charge >= 0.3 is 0 Å². The van der Waals surface area contributed by atoms with Crippen LogP contribution in [-0.2, 0) is 12.0 Å². The molecular weight excluding hydrogens is 470 g/mol. The molecule has 8 heteroatoms. The fourth-order valence-corrected chi connectivity index (χ4v) is 2.81. The molecule has 0 fully saturated rings. The van der Waals surface area contributed by atoms with Crippen molar-refractivity contribution in [2.75, 3.05) is 13.1 Å². The third-order valence-corrected chi connectivity index (χ3v) is 4.41. The maximum atomic E-state index is 13.6. The lowest BCUT2D eigenvalue weighted by molar-refractivity contribution is 0.503. The molecule has 0 spiro atoms. The van der Waals surface area contributed by atoms with E-state index in [1.54, 1.807) is 12.1 Å². The van der Waals surface area contributed by atoms with E-state index >= 15 is 0 Å².